The van der Waals surface area contributed by atoms with Gasteiger partial charge in [-0.3, -0.25) is 0 Å². The van der Waals surface area contributed by atoms with Crippen LogP contribution in [0.15, 0.2) is 30.5 Å². The third-order valence-electron chi connectivity index (χ3n) is 2.74. The van der Waals surface area contributed by atoms with E-state index in [1.54, 1.807) is 0 Å². The molecule has 2 heteroatoms. The summed E-state index contributed by atoms with van der Waals surface area (Å²) in [7, 11) is 0. The summed E-state index contributed by atoms with van der Waals surface area (Å²) < 4.78 is 0. The largest absolute Gasteiger partial charge is 0.384 e. The number of rotatable bonds is 0. The van der Waals surface area contributed by atoms with E-state index in [-0.39, 0.29) is 0 Å². The fourth-order valence-corrected chi connectivity index (χ4v) is 2.05. The first kappa shape index (κ1) is 7.68. The smallest absolute Gasteiger partial charge is 0.0474 e. The van der Waals surface area contributed by atoms with Crippen LogP contribution < -0.4 is 10.6 Å². The highest BCUT2D eigenvalue weighted by atomic mass is 14.9. The van der Waals surface area contributed by atoms with Gasteiger partial charge in [0.1, 0.15) is 0 Å². The van der Waals surface area contributed by atoms with Gasteiger partial charge >= 0.3 is 0 Å². The fourth-order valence-electron chi connectivity index (χ4n) is 2.05. The summed E-state index contributed by atoms with van der Waals surface area (Å²) in [5.41, 5.74) is 5.19. The molecule has 0 saturated heterocycles. The summed E-state index contributed by atoms with van der Waals surface area (Å²) in [5, 5.41) is 6.71. The van der Waals surface area contributed by atoms with E-state index >= 15 is 0 Å². The van der Waals surface area contributed by atoms with Crippen molar-refractivity contribution >= 4 is 17.5 Å². The normalized spacial score (nSPS) is 16.6. The van der Waals surface area contributed by atoms with Gasteiger partial charge in [0.2, 0.25) is 0 Å². The topological polar surface area (TPSA) is 24.1 Å². The number of hydrogen-bond donors (Lipinski definition) is 2. The molecular formula is C12H12N2. The Morgan fingerprint density at radius 2 is 2.14 bits per heavy atom. The summed E-state index contributed by atoms with van der Waals surface area (Å²) in [5.74, 6) is 0. The van der Waals surface area contributed by atoms with Gasteiger partial charge < -0.3 is 10.6 Å². The summed E-state index contributed by atoms with van der Waals surface area (Å²) in [6, 6.07) is 4.36. The molecule has 0 unspecified atom stereocenters. The van der Waals surface area contributed by atoms with E-state index in [0.717, 1.165) is 13.0 Å². The van der Waals surface area contributed by atoms with Crippen LogP contribution in [0.5, 0.6) is 0 Å². The Labute approximate surface area is 83.3 Å². The Hall–Kier alpha value is -1.70. The zero-order valence-corrected chi connectivity index (χ0v) is 7.88. The van der Waals surface area contributed by atoms with Crippen molar-refractivity contribution in [2.45, 2.75) is 6.42 Å². The molecule has 0 radical (unpaired) electrons. The first-order chi connectivity index (χ1) is 6.95. The summed E-state index contributed by atoms with van der Waals surface area (Å²) in [4.78, 5) is 0. The van der Waals surface area contributed by atoms with Crippen LogP contribution in [0.1, 0.15) is 11.1 Å². The highest BCUT2D eigenvalue weighted by molar-refractivity contribution is 5.83. The monoisotopic (exact) mass is 184 g/mol. The maximum Gasteiger partial charge on any atom is 0.0474 e. The van der Waals surface area contributed by atoms with Crippen LogP contribution in [0.2, 0.25) is 0 Å². The Morgan fingerprint density at radius 1 is 1.14 bits per heavy atom. The Bertz CT molecular complexity index is 430. The van der Waals surface area contributed by atoms with Crippen molar-refractivity contribution in [3.8, 4) is 0 Å². The van der Waals surface area contributed by atoms with E-state index in [0.29, 0.717) is 0 Å². The zero-order valence-electron chi connectivity index (χ0n) is 7.88. The Kier molecular flexibility index (Phi) is 1.60. The second-order valence-electron chi connectivity index (χ2n) is 3.60. The number of benzene rings is 1. The molecule has 0 fully saturated rings. The van der Waals surface area contributed by atoms with Gasteiger partial charge in [-0.25, -0.2) is 0 Å². The number of hydrogen-bond acceptors (Lipinski definition) is 2. The van der Waals surface area contributed by atoms with Gasteiger partial charge in [0.15, 0.2) is 0 Å². The molecule has 2 aliphatic rings. The van der Waals surface area contributed by atoms with Gasteiger partial charge in [0.25, 0.3) is 0 Å². The first-order valence-corrected chi connectivity index (χ1v) is 4.95. The Morgan fingerprint density at radius 3 is 3.14 bits per heavy atom. The molecule has 2 nitrogen and oxygen atoms in total. The van der Waals surface area contributed by atoms with Crippen LogP contribution in [-0.4, -0.2) is 6.54 Å². The molecule has 0 bridgehead atoms. The highest BCUT2D eigenvalue weighted by Crippen LogP contribution is 2.34. The van der Waals surface area contributed by atoms with Crippen LogP contribution in [0.25, 0.3) is 6.08 Å². The van der Waals surface area contributed by atoms with Crippen molar-refractivity contribution in [2.75, 3.05) is 17.2 Å². The van der Waals surface area contributed by atoms with Crippen LogP contribution in [0, 0.1) is 0 Å². The second kappa shape index (κ2) is 2.91. The van der Waals surface area contributed by atoms with Crippen molar-refractivity contribution in [1.82, 2.24) is 0 Å². The molecule has 0 amide bonds. The molecule has 1 aromatic rings. The van der Waals surface area contributed by atoms with Crippen molar-refractivity contribution in [3.05, 3.63) is 41.6 Å². The van der Waals surface area contributed by atoms with Crippen LogP contribution in [-0.2, 0) is 6.42 Å². The number of nitrogens with one attached hydrogen (secondary N) is 2. The standard InChI is InChI=1S/C12H12N2/c1-2-7-13-11-5-4-9-6-8-14-12(9)10(11)3-1/h1-5,7,13-14H,6,8H2. The van der Waals surface area contributed by atoms with Crippen LogP contribution >= 0.6 is 0 Å². The van der Waals surface area contributed by atoms with E-state index in [9.17, 15) is 0 Å². The minimum atomic E-state index is 1.06. The molecule has 2 aliphatic heterocycles. The molecule has 2 N–H and O–H groups in total. The van der Waals surface area contributed by atoms with Crippen molar-refractivity contribution in [3.63, 3.8) is 0 Å². The third kappa shape index (κ3) is 1.04. The van der Waals surface area contributed by atoms with Gasteiger partial charge in [-0.15, -0.1) is 0 Å². The average molecular weight is 184 g/mol. The second-order valence-corrected chi connectivity index (χ2v) is 3.60. The highest BCUT2D eigenvalue weighted by Gasteiger charge is 2.15. The lowest BCUT2D eigenvalue weighted by atomic mass is 10.1. The maximum absolute atomic E-state index is 3.44. The minimum absolute atomic E-state index is 1.06. The third-order valence-corrected chi connectivity index (χ3v) is 2.74. The van der Waals surface area contributed by atoms with E-state index < -0.39 is 0 Å². The molecule has 0 aliphatic carbocycles. The van der Waals surface area contributed by atoms with Gasteiger partial charge in [-0.05, 0) is 24.1 Å². The number of anilines is 2. The summed E-state index contributed by atoms with van der Waals surface area (Å²) >= 11 is 0. The average Bonchev–Trinajstić information content (AvgIpc) is 2.55. The SMILES string of the molecule is C1=CNc2ccc3c(c2C=C1)NCC3. The lowest BCUT2D eigenvalue weighted by molar-refractivity contribution is 1.11. The zero-order chi connectivity index (χ0) is 9.38. The van der Waals surface area contributed by atoms with Gasteiger partial charge in [0.05, 0.1) is 0 Å². The van der Waals surface area contributed by atoms with Crippen LogP contribution in [0.4, 0.5) is 11.4 Å². The molecule has 1 aromatic carbocycles. The first-order valence-electron chi connectivity index (χ1n) is 4.95. The molecule has 70 valence electrons. The van der Waals surface area contributed by atoms with Gasteiger partial charge in [-0.1, -0.05) is 18.2 Å². The molecule has 0 spiro atoms. The predicted molar refractivity (Wildman–Crippen MR) is 60.4 cm³/mol. The van der Waals surface area contributed by atoms with E-state index in [2.05, 4.69) is 34.9 Å². The van der Waals surface area contributed by atoms with Crippen LogP contribution in [0.3, 0.4) is 0 Å². The molecule has 0 atom stereocenters. The van der Waals surface area contributed by atoms with E-state index in [1.807, 2.05) is 12.3 Å². The van der Waals surface area contributed by atoms with Crippen molar-refractivity contribution in [1.29, 1.82) is 0 Å². The summed E-state index contributed by atoms with van der Waals surface area (Å²) in [6.45, 7) is 1.06. The quantitative estimate of drug-likeness (QED) is 0.647. The minimum Gasteiger partial charge on any atom is -0.384 e. The lowest BCUT2D eigenvalue weighted by Gasteiger charge is -2.10. The number of allylic oxidation sites excluding steroid dienone is 2. The predicted octanol–water partition coefficient (Wildman–Crippen LogP) is 2.61. The van der Waals surface area contributed by atoms with Crippen molar-refractivity contribution in [2.24, 2.45) is 0 Å². The number of fused-ring (bicyclic) bond motifs is 3. The molecular weight excluding hydrogens is 172 g/mol. The van der Waals surface area contributed by atoms with E-state index in [4.69, 9.17) is 0 Å². The molecule has 3 rings (SSSR count). The van der Waals surface area contributed by atoms with Gasteiger partial charge in [-0.2, -0.15) is 0 Å². The molecule has 0 aromatic heterocycles. The Balaban J connectivity index is 2.22. The van der Waals surface area contributed by atoms with Crippen molar-refractivity contribution < 1.29 is 0 Å². The fraction of sp³-hybridized carbons (Fsp3) is 0.167. The van der Waals surface area contributed by atoms with E-state index in [1.165, 1.54) is 22.5 Å². The summed E-state index contributed by atoms with van der Waals surface area (Å²) in [6.07, 6.45) is 9.34. The molecule has 14 heavy (non-hydrogen) atoms. The molecule has 2 heterocycles. The lowest BCUT2D eigenvalue weighted by Crippen LogP contribution is -1.96. The maximum atomic E-state index is 3.44. The molecule has 0 saturated carbocycles. The van der Waals surface area contributed by atoms with Gasteiger partial charge in [0, 0.05) is 29.7 Å².